The van der Waals surface area contributed by atoms with E-state index in [1.165, 1.54) is 7.11 Å². The molecular formula is C13H18ClN3O3. The van der Waals surface area contributed by atoms with E-state index in [0.717, 1.165) is 13.0 Å². The Morgan fingerprint density at radius 3 is 3.05 bits per heavy atom. The zero-order chi connectivity index (χ0) is 14.5. The number of methoxy groups -OCH3 is 1. The first-order chi connectivity index (χ1) is 9.60. The molecule has 1 atom stereocenters. The highest BCUT2D eigenvalue weighted by molar-refractivity contribution is 6.30. The number of nitrogens with one attached hydrogen (secondary N) is 1. The molecule has 2 rings (SSSR count). The Hall–Kier alpha value is -1.53. The lowest BCUT2D eigenvalue weighted by atomic mass is 10.1. The van der Waals surface area contributed by atoms with Gasteiger partial charge in [0, 0.05) is 18.2 Å². The Labute approximate surface area is 123 Å². The zero-order valence-corrected chi connectivity index (χ0v) is 12.3. The molecule has 1 aliphatic heterocycles. The van der Waals surface area contributed by atoms with Gasteiger partial charge in [-0.2, -0.15) is 0 Å². The van der Waals surface area contributed by atoms with E-state index in [-0.39, 0.29) is 6.54 Å². The van der Waals surface area contributed by atoms with E-state index in [1.807, 2.05) is 0 Å². The number of carbonyl (C=O) groups excluding carboxylic acids is 1. The molecule has 1 fully saturated rings. The van der Waals surface area contributed by atoms with E-state index in [4.69, 9.17) is 16.3 Å². The number of pyridine rings is 1. The first kappa shape index (κ1) is 14.9. The van der Waals surface area contributed by atoms with E-state index < -0.39 is 6.09 Å². The van der Waals surface area contributed by atoms with Gasteiger partial charge in [-0.05, 0) is 26.1 Å². The van der Waals surface area contributed by atoms with Gasteiger partial charge in [-0.25, -0.2) is 9.78 Å². The van der Waals surface area contributed by atoms with Crippen LogP contribution in [0.5, 0.6) is 5.75 Å². The van der Waals surface area contributed by atoms with Gasteiger partial charge in [0.15, 0.2) is 0 Å². The predicted octanol–water partition coefficient (Wildman–Crippen LogP) is 1.67. The molecular weight excluding hydrogens is 282 g/mol. The second kappa shape index (κ2) is 6.76. The number of halogens is 1. The average molecular weight is 300 g/mol. The van der Waals surface area contributed by atoms with Crippen molar-refractivity contribution in [2.75, 3.05) is 27.3 Å². The summed E-state index contributed by atoms with van der Waals surface area (Å²) in [5.74, 6) is 0.649. The number of hydrogen-bond acceptors (Lipinski definition) is 5. The number of carbonyl (C=O) groups is 1. The maximum atomic E-state index is 11.0. The standard InChI is InChI=1S/C13H18ClN3O3/c1-17-4-3-10(17)8-20-11-5-9(12(14)15-7-11)6-16-13(18)19-2/h5,7,10H,3-4,6,8H2,1-2H3,(H,16,18)/t10-/m0/s1. The molecule has 0 unspecified atom stereocenters. The van der Waals surface area contributed by atoms with Gasteiger partial charge in [-0.3, -0.25) is 4.90 Å². The average Bonchev–Trinajstić information content (AvgIpc) is 2.45. The third-order valence-electron chi connectivity index (χ3n) is 3.38. The molecule has 1 aliphatic rings. The molecule has 0 spiro atoms. The van der Waals surface area contributed by atoms with Crippen molar-refractivity contribution >= 4 is 17.7 Å². The van der Waals surface area contributed by atoms with Crippen molar-refractivity contribution in [2.24, 2.45) is 0 Å². The molecule has 0 saturated carbocycles. The van der Waals surface area contributed by atoms with Crippen LogP contribution in [-0.4, -0.2) is 49.3 Å². The number of amides is 1. The third-order valence-corrected chi connectivity index (χ3v) is 3.72. The van der Waals surface area contributed by atoms with Gasteiger partial charge in [0.05, 0.1) is 13.3 Å². The number of hydrogen-bond donors (Lipinski definition) is 1. The van der Waals surface area contributed by atoms with Gasteiger partial charge >= 0.3 is 6.09 Å². The summed E-state index contributed by atoms with van der Waals surface area (Å²) in [6.45, 7) is 1.99. The monoisotopic (exact) mass is 299 g/mol. The highest BCUT2D eigenvalue weighted by Crippen LogP contribution is 2.21. The Bertz CT molecular complexity index is 484. The summed E-state index contributed by atoms with van der Waals surface area (Å²) in [5.41, 5.74) is 0.691. The van der Waals surface area contributed by atoms with Crippen LogP contribution in [0.3, 0.4) is 0 Å². The van der Waals surface area contributed by atoms with Gasteiger partial charge in [-0.15, -0.1) is 0 Å². The maximum absolute atomic E-state index is 11.0. The lowest BCUT2D eigenvalue weighted by Crippen LogP contribution is -2.48. The molecule has 20 heavy (non-hydrogen) atoms. The largest absolute Gasteiger partial charge is 0.490 e. The van der Waals surface area contributed by atoms with Crippen LogP contribution >= 0.6 is 11.6 Å². The smallest absolute Gasteiger partial charge is 0.407 e. The lowest BCUT2D eigenvalue weighted by molar-refractivity contribution is 0.0767. The second-order valence-electron chi connectivity index (χ2n) is 4.70. The second-order valence-corrected chi connectivity index (χ2v) is 5.06. The number of nitrogens with zero attached hydrogens (tertiary/aromatic N) is 2. The molecule has 1 saturated heterocycles. The molecule has 110 valence electrons. The minimum Gasteiger partial charge on any atom is -0.490 e. The van der Waals surface area contributed by atoms with Crippen LogP contribution in [0.4, 0.5) is 4.79 Å². The third kappa shape index (κ3) is 3.74. The van der Waals surface area contributed by atoms with Crippen LogP contribution in [0, 0.1) is 0 Å². The molecule has 1 aromatic rings. The Morgan fingerprint density at radius 1 is 1.65 bits per heavy atom. The van der Waals surface area contributed by atoms with E-state index in [2.05, 4.69) is 27.0 Å². The van der Waals surface area contributed by atoms with Gasteiger partial charge in [-0.1, -0.05) is 11.6 Å². The fraction of sp³-hybridized carbons (Fsp3) is 0.538. The van der Waals surface area contributed by atoms with Crippen molar-refractivity contribution < 1.29 is 14.3 Å². The van der Waals surface area contributed by atoms with E-state index in [9.17, 15) is 4.79 Å². The van der Waals surface area contributed by atoms with Crippen molar-refractivity contribution in [3.05, 3.63) is 23.0 Å². The summed E-state index contributed by atoms with van der Waals surface area (Å²) in [7, 11) is 3.38. The minimum atomic E-state index is -0.511. The van der Waals surface area contributed by atoms with E-state index in [1.54, 1.807) is 12.3 Å². The fourth-order valence-corrected chi connectivity index (χ4v) is 2.06. The Morgan fingerprint density at radius 2 is 2.45 bits per heavy atom. The molecule has 0 aliphatic carbocycles. The van der Waals surface area contributed by atoms with Crippen molar-refractivity contribution in [2.45, 2.75) is 19.0 Å². The molecule has 6 nitrogen and oxygen atoms in total. The number of alkyl carbamates (subject to hydrolysis) is 1. The topological polar surface area (TPSA) is 63.7 Å². The predicted molar refractivity (Wildman–Crippen MR) is 75.0 cm³/mol. The summed E-state index contributed by atoms with van der Waals surface area (Å²) in [4.78, 5) is 17.3. The number of likely N-dealkylation sites (N-methyl/N-ethyl adjacent to an activating group) is 1. The molecule has 2 heterocycles. The highest BCUT2D eigenvalue weighted by Gasteiger charge is 2.24. The Kier molecular flexibility index (Phi) is 5.03. The van der Waals surface area contributed by atoms with Gasteiger partial charge in [0.25, 0.3) is 0 Å². The molecule has 7 heteroatoms. The van der Waals surface area contributed by atoms with Crippen LogP contribution in [0.2, 0.25) is 5.15 Å². The van der Waals surface area contributed by atoms with Gasteiger partial charge in [0.1, 0.15) is 17.5 Å². The summed E-state index contributed by atoms with van der Waals surface area (Å²) in [5, 5.41) is 2.90. The van der Waals surface area contributed by atoms with Crippen molar-refractivity contribution in [1.82, 2.24) is 15.2 Å². The summed E-state index contributed by atoms with van der Waals surface area (Å²) in [6.07, 6.45) is 2.22. The Balaban J connectivity index is 1.91. The summed E-state index contributed by atoms with van der Waals surface area (Å²) >= 11 is 5.98. The van der Waals surface area contributed by atoms with Crippen molar-refractivity contribution in [3.63, 3.8) is 0 Å². The number of rotatable bonds is 5. The summed E-state index contributed by atoms with van der Waals surface area (Å²) < 4.78 is 10.2. The zero-order valence-electron chi connectivity index (χ0n) is 11.6. The quantitative estimate of drug-likeness (QED) is 0.838. The first-order valence-electron chi connectivity index (χ1n) is 6.39. The minimum absolute atomic E-state index is 0.249. The van der Waals surface area contributed by atoms with Gasteiger partial charge < -0.3 is 14.8 Å². The normalized spacial score (nSPS) is 18.2. The van der Waals surface area contributed by atoms with E-state index in [0.29, 0.717) is 29.1 Å². The number of likely N-dealkylation sites (tertiary alicyclic amines) is 1. The molecule has 0 aromatic carbocycles. The first-order valence-corrected chi connectivity index (χ1v) is 6.77. The highest BCUT2D eigenvalue weighted by atomic mass is 35.5. The summed E-state index contributed by atoms with van der Waals surface area (Å²) in [6, 6.07) is 2.24. The SMILES string of the molecule is COC(=O)NCc1cc(OC[C@@H]2CCN2C)cnc1Cl. The van der Waals surface area contributed by atoms with Crippen molar-refractivity contribution in [3.8, 4) is 5.75 Å². The molecule has 1 N–H and O–H groups in total. The number of ether oxygens (including phenoxy) is 2. The van der Waals surface area contributed by atoms with Crippen LogP contribution < -0.4 is 10.1 Å². The van der Waals surface area contributed by atoms with Crippen LogP contribution in [0.1, 0.15) is 12.0 Å². The van der Waals surface area contributed by atoms with E-state index >= 15 is 0 Å². The molecule has 1 aromatic heterocycles. The van der Waals surface area contributed by atoms with Crippen LogP contribution in [0.25, 0.3) is 0 Å². The fourth-order valence-electron chi connectivity index (χ4n) is 1.89. The van der Waals surface area contributed by atoms with Crippen LogP contribution in [-0.2, 0) is 11.3 Å². The molecule has 0 bridgehead atoms. The molecule has 1 amide bonds. The lowest BCUT2D eigenvalue weighted by Gasteiger charge is -2.37. The molecule has 0 radical (unpaired) electrons. The van der Waals surface area contributed by atoms with Crippen molar-refractivity contribution in [1.29, 1.82) is 0 Å². The van der Waals surface area contributed by atoms with Crippen LogP contribution in [0.15, 0.2) is 12.3 Å². The number of aromatic nitrogens is 1. The maximum Gasteiger partial charge on any atom is 0.407 e. The van der Waals surface area contributed by atoms with Gasteiger partial charge in [0.2, 0.25) is 0 Å².